The summed E-state index contributed by atoms with van der Waals surface area (Å²) < 4.78 is 41.3. The van der Waals surface area contributed by atoms with E-state index in [0.29, 0.717) is 24.3 Å². The minimum atomic E-state index is -4.47. The quantitative estimate of drug-likeness (QED) is 0.622. The Bertz CT molecular complexity index is 1200. The molecule has 0 aliphatic carbocycles. The maximum absolute atomic E-state index is 13.3. The van der Waals surface area contributed by atoms with Gasteiger partial charge in [-0.25, -0.2) is 9.50 Å². The van der Waals surface area contributed by atoms with Crippen molar-refractivity contribution in [2.45, 2.75) is 57.4 Å². The smallest absolute Gasteiger partial charge is 0.355 e. The van der Waals surface area contributed by atoms with Gasteiger partial charge in [0.2, 0.25) is 0 Å². The molecule has 9 nitrogen and oxygen atoms in total. The number of aromatic nitrogens is 5. The number of aryl methyl sites for hydroxylation is 1. The van der Waals surface area contributed by atoms with Crippen molar-refractivity contribution in [3.63, 3.8) is 0 Å². The molecule has 2 N–H and O–H groups in total. The number of hydrogen-bond acceptors (Lipinski definition) is 6. The summed E-state index contributed by atoms with van der Waals surface area (Å²) in [6.45, 7) is 2.72. The standard InChI is InChI=1S/C22H27F3N8O/c1-14-11-32-19(28-20(14)30-9-6-15(26)12-30)10-16(29-32)17-4-2-3-8-31(17)21(34)18-5-7-27-33(18)13-22(23,24)25/h5,7,10-11,15,17H,2-4,6,8-9,12-13,26H2,1H3/t15-,17-/m0/s1. The lowest BCUT2D eigenvalue weighted by atomic mass is 9.99. The molecule has 182 valence electrons. The van der Waals surface area contributed by atoms with Crippen molar-refractivity contribution in [2.24, 2.45) is 5.73 Å². The van der Waals surface area contributed by atoms with Crippen LogP contribution in [0, 0.1) is 6.92 Å². The molecule has 3 aromatic heterocycles. The molecule has 0 unspecified atom stereocenters. The minimum absolute atomic E-state index is 0.0744. The van der Waals surface area contributed by atoms with E-state index in [1.54, 1.807) is 9.42 Å². The van der Waals surface area contributed by atoms with Crippen molar-refractivity contribution in [2.75, 3.05) is 24.5 Å². The van der Waals surface area contributed by atoms with Crippen molar-refractivity contribution < 1.29 is 18.0 Å². The molecule has 0 aromatic carbocycles. The van der Waals surface area contributed by atoms with E-state index in [-0.39, 0.29) is 17.8 Å². The van der Waals surface area contributed by atoms with E-state index in [4.69, 9.17) is 15.8 Å². The van der Waals surface area contributed by atoms with Crippen LogP contribution in [0.3, 0.4) is 0 Å². The Hall–Kier alpha value is -3.15. The maximum Gasteiger partial charge on any atom is 0.408 e. The Labute approximate surface area is 194 Å². The zero-order valence-corrected chi connectivity index (χ0v) is 18.9. The first-order chi connectivity index (χ1) is 16.2. The normalized spacial score (nSPS) is 21.6. The molecule has 1 amide bonds. The summed E-state index contributed by atoms with van der Waals surface area (Å²) >= 11 is 0. The number of carbonyl (C=O) groups excluding carboxylic acids is 1. The number of rotatable bonds is 4. The highest BCUT2D eigenvalue weighted by molar-refractivity contribution is 5.93. The fourth-order valence-electron chi connectivity index (χ4n) is 4.92. The molecule has 2 aliphatic heterocycles. The molecule has 0 bridgehead atoms. The SMILES string of the molecule is Cc1cn2nc([C@@H]3CCCCN3C(=O)c3ccnn3CC(F)(F)F)cc2nc1N1CC[C@H](N)C1. The summed E-state index contributed by atoms with van der Waals surface area (Å²) in [6, 6.07) is 2.98. The number of halogens is 3. The topological polar surface area (TPSA) is 97.6 Å². The van der Waals surface area contributed by atoms with Crippen LogP contribution in [0.15, 0.2) is 24.5 Å². The van der Waals surface area contributed by atoms with Crippen molar-refractivity contribution >= 4 is 17.4 Å². The maximum atomic E-state index is 13.3. The second-order valence-corrected chi connectivity index (χ2v) is 9.11. The third kappa shape index (κ3) is 4.33. The molecule has 5 heterocycles. The molecule has 34 heavy (non-hydrogen) atoms. The Balaban J connectivity index is 1.44. The number of nitrogens with zero attached hydrogens (tertiary/aromatic N) is 7. The first kappa shape index (κ1) is 22.6. The third-order valence-electron chi connectivity index (χ3n) is 6.52. The number of likely N-dealkylation sites (tertiary alicyclic amines) is 1. The number of hydrogen-bond donors (Lipinski definition) is 1. The van der Waals surface area contributed by atoms with E-state index in [9.17, 15) is 18.0 Å². The van der Waals surface area contributed by atoms with Crippen molar-refractivity contribution in [3.05, 3.63) is 41.5 Å². The summed E-state index contributed by atoms with van der Waals surface area (Å²) in [5, 5.41) is 8.41. The van der Waals surface area contributed by atoms with Gasteiger partial charge in [0.05, 0.1) is 11.7 Å². The molecule has 5 rings (SSSR count). The Morgan fingerprint density at radius 3 is 2.79 bits per heavy atom. The predicted molar refractivity (Wildman–Crippen MR) is 118 cm³/mol. The number of nitrogens with two attached hydrogens (primary N) is 1. The molecule has 12 heteroatoms. The fourth-order valence-corrected chi connectivity index (χ4v) is 4.92. The first-order valence-corrected chi connectivity index (χ1v) is 11.5. The van der Waals surface area contributed by atoms with Crippen molar-refractivity contribution in [1.29, 1.82) is 0 Å². The number of piperidine rings is 1. The number of carbonyl (C=O) groups is 1. The highest BCUT2D eigenvalue weighted by Gasteiger charge is 2.35. The third-order valence-corrected chi connectivity index (χ3v) is 6.52. The van der Waals surface area contributed by atoms with E-state index < -0.39 is 18.6 Å². The summed E-state index contributed by atoms with van der Waals surface area (Å²) in [6.07, 6.45) is 1.94. The van der Waals surface area contributed by atoms with Crippen LogP contribution in [0.25, 0.3) is 5.65 Å². The van der Waals surface area contributed by atoms with Crippen molar-refractivity contribution in [3.8, 4) is 0 Å². The lowest BCUT2D eigenvalue weighted by Crippen LogP contribution is -2.40. The predicted octanol–water partition coefficient (Wildman–Crippen LogP) is 2.70. The summed E-state index contributed by atoms with van der Waals surface area (Å²) in [4.78, 5) is 21.9. The zero-order chi connectivity index (χ0) is 24.0. The fraction of sp³-hybridized carbons (Fsp3) is 0.545. The monoisotopic (exact) mass is 476 g/mol. The van der Waals surface area contributed by atoms with Crippen LogP contribution in [0.2, 0.25) is 0 Å². The number of anilines is 1. The first-order valence-electron chi connectivity index (χ1n) is 11.5. The number of amides is 1. The minimum Gasteiger partial charge on any atom is -0.355 e. The second kappa shape index (κ2) is 8.57. The van der Waals surface area contributed by atoms with Crippen LogP contribution in [-0.2, 0) is 6.54 Å². The molecule has 2 saturated heterocycles. The summed E-state index contributed by atoms with van der Waals surface area (Å²) in [5.74, 6) is 0.402. The second-order valence-electron chi connectivity index (χ2n) is 9.11. The van der Waals surface area contributed by atoms with Gasteiger partial charge in [0.1, 0.15) is 18.1 Å². The number of alkyl halides is 3. The van der Waals surface area contributed by atoms with E-state index in [2.05, 4.69) is 10.00 Å². The lowest BCUT2D eigenvalue weighted by molar-refractivity contribution is -0.142. The highest BCUT2D eigenvalue weighted by atomic mass is 19.4. The van der Waals surface area contributed by atoms with Crippen molar-refractivity contribution in [1.82, 2.24) is 29.3 Å². The Morgan fingerprint density at radius 2 is 2.06 bits per heavy atom. The van der Waals surface area contributed by atoms with Gasteiger partial charge in [-0.2, -0.15) is 23.4 Å². The van der Waals surface area contributed by atoms with Gasteiger partial charge in [-0.3, -0.25) is 9.48 Å². The molecular weight excluding hydrogens is 449 g/mol. The van der Waals surface area contributed by atoms with E-state index in [1.165, 1.54) is 12.3 Å². The molecule has 2 atom stereocenters. The van der Waals surface area contributed by atoms with E-state index in [1.807, 2.05) is 19.2 Å². The average Bonchev–Trinajstić information content (AvgIpc) is 3.51. The number of fused-ring (bicyclic) bond motifs is 1. The van der Waals surface area contributed by atoms with Crippen LogP contribution >= 0.6 is 0 Å². The molecule has 0 radical (unpaired) electrons. The average molecular weight is 477 g/mol. The van der Waals surface area contributed by atoms with Crippen LogP contribution in [0.5, 0.6) is 0 Å². The largest absolute Gasteiger partial charge is 0.408 e. The van der Waals surface area contributed by atoms with Gasteiger partial charge in [-0.05, 0) is 38.7 Å². The van der Waals surface area contributed by atoms with Gasteiger partial charge in [0.25, 0.3) is 5.91 Å². The molecule has 3 aromatic rings. The van der Waals surface area contributed by atoms with Gasteiger partial charge in [-0.15, -0.1) is 0 Å². The Morgan fingerprint density at radius 1 is 1.24 bits per heavy atom. The van der Waals surface area contributed by atoms with E-state index in [0.717, 1.165) is 48.4 Å². The van der Waals surface area contributed by atoms with Crippen LogP contribution < -0.4 is 10.6 Å². The Kier molecular flexibility index (Phi) is 5.70. The van der Waals surface area contributed by atoms with Gasteiger partial charge in [0.15, 0.2) is 5.65 Å². The summed E-state index contributed by atoms with van der Waals surface area (Å²) in [7, 11) is 0. The zero-order valence-electron chi connectivity index (χ0n) is 18.9. The molecule has 2 aliphatic rings. The van der Waals surface area contributed by atoms with Gasteiger partial charge in [-0.1, -0.05) is 0 Å². The van der Waals surface area contributed by atoms with Crippen LogP contribution in [0.4, 0.5) is 19.0 Å². The molecule has 2 fully saturated rings. The molecule has 0 spiro atoms. The van der Waals surface area contributed by atoms with Crippen LogP contribution in [-0.4, -0.2) is 67.0 Å². The summed E-state index contributed by atoms with van der Waals surface area (Å²) in [5.41, 5.74) is 8.30. The molecule has 0 saturated carbocycles. The van der Waals surface area contributed by atoms with Gasteiger partial charge >= 0.3 is 6.18 Å². The van der Waals surface area contributed by atoms with Gasteiger partial charge < -0.3 is 15.5 Å². The van der Waals surface area contributed by atoms with E-state index >= 15 is 0 Å². The lowest BCUT2D eigenvalue weighted by Gasteiger charge is -2.34. The molecular formula is C22H27F3N8O. The van der Waals surface area contributed by atoms with Gasteiger partial charge in [0, 0.05) is 49.7 Å². The van der Waals surface area contributed by atoms with Crippen LogP contribution in [0.1, 0.15) is 53.5 Å². The highest BCUT2D eigenvalue weighted by Crippen LogP contribution is 2.33.